The SMILES string of the molecule is COc1c(C)cc(C)cc1S(=O)(=O)Nc1ccc(NC(C)=O)cc1. The van der Waals surface area contributed by atoms with Crippen molar-refractivity contribution in [3.05, 3.63) is 47.5 Å². The number of nitrogens with one attached hydrogen (secondary N) is 2. The lowest BCUT2D eigenvalue weighted by atomic mass is 10.1. The molecule has 2 aromatic rings. The van der Waals surface area contributed by atoms with E-state index in [9.17, 15) is 13.2 Å². The Balaban J connectivity index is 2.34. The first-order chi connectivity index (χ1) is 11.2. The van der Waals surface area contributed by atoms with Gasteiger partial charge in [0.25, 0.3) is 10.0 Å². The van der Waals surface area contributed by atoms with Gasteiger partial charge in [-0.25, -0.2) is 8.42 Å². The molecule has 1 amide bonds. The van der Waals surface area contributed by atoms with Gasteiger partial charge in [0.1, 0.15) is 10.6 Å². The van der Waals surface area contributed by atoms with Crippen molar-refractivity contribution in [1.29, 1.82) is 0 Å². The summed E-state index contributed by atoms with van der Waals surface area (Å²) in [7, 11) is -2.36. The maximum atomic E-state index is 12.7. The Morgan fingerprint density at radius 3 is 2.17 bits per heavy atom. The van der Waals surface area contributed by atoms with Gasteiger partial charge in [0.15, 0.2) is 0 Å². The molecule has 0 heterocycles. The Labute approximate surface area is 141 Å². The van der Waals surface area contributed by atoms with Crippen molar-refractivity contribution in [3.63, 3.8) is 0 Å². The summed E-state index contributed by atoms with van der Waals surface area (Å²) in [6.45, 7) is 5.03. The van der Waals surface area contributed by atoms with Crippen LogP contribution in [0.4, 0.5) is 11.4 Å². The van der Waals surface area contributed by atoms with E-state index in [2.05, 4.69) is 10.0 Å². The number of ether oxygens (including phenoxy) is 1. The molecule has 0 aliphatic rings. The minimum absolute atomic E-state index is 0.0911. The minimum Gasteiger partial charge on any atom is -0.495 e. The Hall–Kier alpha value is -2.54. The van der Waals surface area contributed by atoms with E-state index in [-0.39, 0.29) is 10.8 Å². The smallest absolute Gasteiger partial charge is 0.265 e. The van der Waals surface area contributed by atoms with Crippen molar-refractivity contribution in [2.24, 2.45) is 0 Å². The van der Waals surface area contributed by atoms with E-state index >= 15 is 0 Å². The number of hydrogen-bond acceptors (Lipinski definition) is 4. The molecule has 2 aromatic carbocycles. The summed E-state index contributed by atoms with van der Waals surface area (Å²) in [4.78, 5) is 11.1. The molecule has 0 spiro atoms. The van der Waals surface area contributed by atoms with E-state index in [0.717, 1.165) is 11.1 Å². The van der Waals surface area contributed by atoms with E-state index in [1.165, 1.54) is 14.0 Å². The summed E-state index contributed by atoms with van der Waals surface area (Å²) in [5.41, 5.74) is 2.56. The fourth-order valence-corrected chi connectivity index (χ4v) is 3.80. The molecule has 0 aliphatic heterocycles. The van der Waals surface area contributed by atoms with E-state index in [1.54, 1.807) is 37.3 Å². The Bertz CT molecular complexity index is 859. The zero-order valence-electron chi connectivity index (χ0n) is 14.0. The monoisotopic (exact) mass is 348 g/mol. The molecule has 0 fully saturated rings. The van der Waals surface area contributed by atoms with Crippen LogP contribution in [0.15, 0.2) is 41.3 Å². The third-order valence-corrected chi connectivity index (χ3v) is 4.72. The summed E-state index contributed by atoms with van der Waals surface area (Å²) in [5.74, 6) is 0.131. The van der Waals surface area contributed by atoms with E-state index in [0.29, 0.717) is 17.1 Å². The molecule has 0 aromatic heterocycles. The first-order valence-electron chi connectivity index (χ1n) is 7.28. The lowest BCUT2D eigenvalue weighted by molar-refractivity contribution is -0.114. The van der Waals surface area contributed by atoms with Crippen molar-refractivity contribution in [2.45, 2.75) is 25.7 Å². The first kappa shape index (κ1) is 17.8. The van der Waals surface area contributed by atoms with Gasteiger partial charge in [-0.2, -0.15) is 0 Å². The third-order valence-electron chi connectivity index (χ3n) is 3.34. The van der Waals surface area contributed by atoms with Gasteiger partial charge in [0, 0.05) is 18.3 Å². The number of carbonyl (C=O) groups is 1. The summed E-state index contributed by atoms with van der Waals surface area (Å²) in [6, 6.07) is 9.84. The molecule has 0 aliphatic carbocycles. The quantitative estimate of drug-likeness (QED) is 0.870. The third kappa shape index (κ3) is 4.05. The summed E-state index contributed by atoms with van der Waals surface area (Å²) in [6.07, 6.45) is 0. The number of carbonyl (C=O) groups excluding carboxylic acids is 1. The van der Waals surface area contributed by atoms with Crippen LogP contribution >= 0.6 is 0 Å². The van der Waals surface area contributed by atoms with Gasteiger partial charge >= 0.3 is 0 Å². The minimum atomic E-state index is -3.80. The second-order valence-corrected chi connectivity index (χ2v) is 7.13. The zero-order chi connectivity index (χ0) is 17.9. The molecule has 0 saturated carbocycles. The topological polar surface area (TPSA) is 84.5 Å². The predicted octanol–water partition coefficient (Wildman–Crippen LogP) is 3.07. The van der Waals surface area contributed by atoms with Gasteiger partial charge in [0.05, 0.1) is 7.11 Å². The molecule has 6 nitrogen and oxygen atoms in total. The van der Waals surface area contributed by atoms with Gasteiger partial charge in [0.2, 0.25) is 5.91 Å². The Morgan fingerprint density at radius 2 is 1.62 bits per heavy atom. The fraction of sp³-hybridized carbons (Fsp3) is 0.235. The van der Waals surface area contributed by atoms with Crippen LogP contribution < -0.4 is 14.8 Å². The maximum absolute atomic E-state index is 12.7. The molecule has 2 rings (SSSR count). The van der Waals surface area contributed by atoms with Crippen LogP contribution in [0.1, 0.15) is 18.1 Å². The number of rotatable bonds is 5. The van der Waals surface area contributed by atoms with Crippen LogP contribution in [0.3, 0.4) is 0 Å². The summed E-state index contributed by atoms with van der Waals surface area (Å²) < 4.78 is 33.2. The van der Waals surface area contributed by atoms with Gasteiger partial charge in [-0.3, -0.25) is 9.52 Å². The van der Waals surface area contributed by atoms with E-state index in [1.807, 2.05) is 13.0 Å². The van der Waals surface area contributed by atoms with Crippen LogP contribution in [0.5, 0.6) is 5.75 Å². The largest absolute Gasteiger partial charge is 0.495 e. The summed E-state index contributed by atoms with van der Waals surface area (Å²) >= 11 is 0. The number of methoxy groups -OCH3 is 1. The standard InChI is InChI=1S/C17H20N2O4S/c1-11-9-12(2)17(23-4)16(10-11)24(21,22)19-15-7-5-14(6-8-15)18-13(3)20/h5-10,19H,1-4H3,(H,18,20). The number of hydrogen-bond donors (Lipinski definition) is 2. The van der Waals surface area contributed by atoms with E-state index in [4.69, 9.17) is 4.74 Å². The van der Waals surface area contributed by atoms with Crippen molar-refractivity contribution in [2.75, 3.05) is 17.1 Å². The average Bonchev–Trinajstić information content (AvgIpc) is 2.48. The Morgan fingerprint density at radius 1 is 1.04 bits per heavy atom. The van der Waals surface area contributed by atoms with Gasteiger partial charge in [-0.1, -0.05) is 6.07 Å². The number of amides is 1. The first-order valence-corrected chi connectivity index (χ1v) is 8.77. The van der Waals surface area contributed by atoms with Crippen molar-refractivity contribution in [1.82, 2.24) is 0 Å². The molecule has 24 heavy (non-hydrogen) atoms. The highest BCUT2D eigenvalue weighted by Crippen LogP contribution is 2.30. The van der Waals surface area contributed by atoms with Crippen LogP contribution in [0.25, 0.3) is 0 Å². The predicted molar refractivity (Wildman–Crippen MR) is 94.0 cm³/mol. The van der Waals surface area contributed by atoms with Gasteiger partial charge in [-0.05, 0) is 55.3 Å². The van der Waals surface area contributed by atoms with Crippen molar-refractivity contribution < 1.29 is 17.9 Å². The molecule has 0 atom stereocenters. The van der Waals surface area contributed by atoms with Gasteiger partial charge in [-0.15, -0.1) is 0 Å². The highest BCUT2D eigenvalue weighted by atomic mass is 32.2. The van der Waals surface area contributed by atoms with Crippen molar-refractivity contribution >= 4 is 27.3 Å². The number of aryl methyl sites for hydroxylation is 2. The van der Waals surface area contributed by atoms with Crippen LogP contribution in [0.2, 0.25) is 0 Å². The number of sulfonamides is 1. The van der Waals surface area contributed by atoms with Gasteiger partial charge < -0.3 is 10.1 Å². The van der Waals surface area contributed by atoms with Crippen LogP contribution in [-0.4, -0.2) is 21.4 Å². The number of benzene rings is 2. The second kappa shape index (κ2) is 6.92. The molecule has 0 bridgehead atoms. The highest BCUT2D eigenvalue weighted by molar-refractivity contribution is 7.92. The molecular formula is C17H20N2O4S. The fourth-order valence-electron chi connectivity index (χ4n) is 2.41. The average molecular weight is 348 g/mol. The maximum Gasteiger partial charge on any atom is 0.265 e. The summed E-state index contributed by atoms with van der Waals surface area (Å²) in [5, 5.41) is 2.62. The molecule has 2 N–H and O–H groups in total. The Kier molecular flexibility index (Phi) is 5.14. The second-order valence-electron chi connectivity index (χ2n) is 5.48. The molecular weight excluding hydrogens is 328 g/mol. The molecule has 128 valence electrons. The lowest BCUT2D eigenvalue weighted by Crippen LogP contribution is -2.15. The molecule has 0 radical (unpaired) electrons. The number of anilines is 2. The van der Waals surface area contributed by atoms with Crippen molar-refractivity contribution in [3.8, 4) is 5.75 Å². The van der Waals surface area contributed by atoms with E-state index < -0.39 is 10.0 Å². The normalized spacial score (nSPS) is 11.0. The highest BCUT2D eigenvalue weighted by Gasteiger charge is 2.21. The zero-order valence-corrected chi connectivity index (χ0v) is 14.8. The lowest BCUT2D eigenvalue weighted by Gasteiger charge is -2.15. The van der Waals surface area contributed by atoms with Crippen LogP contribution in [-0.2, 0) is 14.8 Å². The molecule has 0 saturated heterocycles. The molecule has 0 unspecified atom stereocenters. The van der Waals surface area contributed by atoms with Crippen LogP contribution in [0, 0.1) is 13.8 Å². The molecule has 7 heteroatoms.